The molecule has 0 rings (SSSR count). The van der Waals surface area contributed by atoms with Crippen molar-refractivity contribution in [2.75, 3.05) is 13.2 Å². The summed E-state index contributed by atoms with van der Waals surface area (Å²) in [5.74, 6) is -1.03. The summed E-state index contributed by atoms with van der Waals surface area (Å²) in [6, 6.07) is -0.934. The van der Waals surface area contributed by atoms with Crippen LogP contribution >= 0.6 is 0 Å². The molecule has 7 nitrogen and oxygen atoms in total. The SMILES string of the molecule is CCCCOC(=O)N[C@@H](CCC(=O)OC(C)(C)C)C(=O)OCC. The van der Waals surface area contributed by atoms with Crippen molar-refractivity contribution in [3.63, 3.8) is 0 Å². The molecule has 0 bridgehead atoms. The van der Waals surface area contributed by atoms with Gasteiger partial charge in [0.25, 0.3) is 0 Å². The lowest BCUT2D eigenvalue weighted by Crippen LogP contribution is -2.42. The van der Waals surface area contributed by atoms with Crippen molar-refractivity contribution in [1.29, 1.82) is 0 Å². The van der Waals surface area contributed by atoms with Crippen molar-refractivity contribution >= 4 is 18.0 Å². The zero-order valence-corrected chi connectivity index (χ0v) is 14.8. The van der Waals surface area contributed by atoms with Gasteiger partial charge in [-0.2, -0.15) is 0 Å². The highest BCUT2D eigenvalue weighted by molar-refractivity contribution is 5.82. The predicted molar refractivity (Wildman–Crippen MR) is 84.9 cm³/mol. The van der Waals surface area contributed by atoms with Crippen LogP contribution in [0.5, 0.6) is 0 Å². The zero-order chi connectivity index (χ0) is 17.9. The Balaban J connectivity index is 4.48. The van der Waals surface area contributed by atoms with Crippen molar-refractivity contribution in [2.45, 2.75) is 71.9 Å². The fourth-order valence-corrected chi connectivity index (χ4v) is 1.64. The Morgan fingerprint density at radius 3 is 2.26 bits per heavy atom. The van der Waals surface area contributed by atoms with E-state index in [4.69, 9.17) is 14.2 Å². The highest BCUT2D eigenvalue weighted by atomic mass is 16.6. The normalized spacial score (nSPS) is 12.2. The lowest BCUT2D eigenvalue weighted by molar-refractivity contribution is -0.155. The van der Waals surface area contributed by atoms with Gasteiger partial charge in [0, 0.05) is 6.42 Å². The van der Waals surface area contributed by atoms with E-state index in [0.29, 0.717) is 0 Å². The van der Waals surface area contributed by atoms with E-state index in [2.05, 4.69) is 5.32 Å². The molecule has 0 aromatic heterocycles. The molecule has 0 saturated carbocycles. The Bertz CT molecular complexity index is 389. The van der Waals surface area contributed by atoms with Gasteiger partial charge >= 0.3 is 18.0 Å². The maximum absolute atomic E-state index is 11.9. The Hall–Kier alpha value is -1.79. The van der Waals surface area contributed by atoms with Crippen molar-refractivity contribution in [2.24, 2.45) is 0 Å². The summed E-state index contributed by atoms with van der Waals surface area (Å²) in [7, 11) is 0. The summed E-state index contributed by atoms with van der Waals surface area (Å²) in [4.78, 5) is 35.2. The van der Waals surface area contributed by atoms with E-state index in [1.54, 1.807) is 27.7 Å². The van der Waals surface area contributed by atoms with Gasteiger partial charge in [0.1, 0.15) is 11.6 Å². The van der Waals surface area contributed by atoms with Gasteiger partial charge in [0.05, 0.1) is 13.2 Å². The Morgan fingerprint density at radius 1 is 1.09 bits per heavy atom. The van der Waals surface area contributed by atoms with Crippen molar-refractivity contribution in [1.82, 2.24) is 5.32 Å². The van der Waals surface area contributed by atoms with Crippen LogP contribution in [0, 0.1) is 0 Å². The van der Waals surface area contributed by atoms with E-state index >= 15 is 0 Å². The second-order valence-corrected chi connectivity index (χ2v) is 6.06. The van der Waals surface area contributed by atoms with Crippen LogP contribution in [-0.2, 0) is 23.8 Å². The largest absolute Gasteiger partial charge is 0.464 e. The summed E-state index contributed by atoms with van der Waals surface area (Å²) in [5, 5.41) is 2.44. The van der Waals surface area contributed by atoms with Gasteiger partial charge in [-0.15, -0.1) is 0 Å². The second kappa shape index (κ2) is 10.9. The number of hydrogen-bond acceptors (Lipinski definition) is 6. The molecule has 0 aromatic carbocycles. The summed E-state index contributed by atoms with van der Waals surface area (Å²) in [6.45, 7) is 9.40. The molecule has 0 aliphatic carbocycles. The fraction of sp³-hybridized carbons (Fsp3) is 0.812. The number of ether oxygens (including phenoxy) is 3. The van der Waals surface area contributed by atoms with Gasteiger partial charge in [-0.3, -0.25) is 4.79 Å². The molecule has 0 unspecified atom stereocenters. The zero-order valence-electron chi connectivity index (χ0n) is 14.8. The molecule has 1 atom stereocenters. The van der Waals surface area contributed by atoms with Crippen molar-refractivity contribution in [3.05, 3.63) is 0 Å². The molecule has 0 aromatic rings. The van der Waals surface area contributed by atoms with Crippen LogP contribution in [-0.4, -0.2) is 42.9 Å². The van der Waals surface area contributed by atoms with E-state index in [1.807, 2.05) is 6.92 Å². The third kappa shape index (κ3) is 11.4. The first-order chi connectivity index (χ1) is 10.7. The molecule has 0 radical (unpaired) electrons. The average Bonchev–Trinajstić information content (AvgIpc) is 2.42. The van der Waals surface area contributed by atoms with E-state index in [-0.39, 0.29) is 26.1 Å². The number of nitrogens with one attached hydrogen (secondary N) is 1. The fourth-order valence-electron chi connectivity index (χ4n) is 1.64. The smallest absolute Gasteiger partial charge is 0.407 e. The lowest BCUT2D eigenvalue weighted by Gasteiger charge is -2.21. The van der Waals surface area contributed by atoms with E-state index in [1.165, 1.54) is 0 Å². The summed E-state index contributed by atoms with van der Waals surface area (Å²) in [5.41, 5.74) is -0.594. The number of carbonyl (C=O) groups excluding carboxylic acids is 3. The lowest BCUT2D eigenvalue weighted by atomic mass is 10.1. The van der Waals surface area contributed by atoms with Crippen molar-refractivity contribution in [3.8, 4) is 0 Å². The highest BCUT2D eigenvalue weighted by Gasteiger charge is 2.25. The number of esters is 2. The first-order valence-electron chi connectivity index (χ1n) is 8.01. The van der Waals surface area contributed by atoms with Crippen LogP contribution < -0.4 is 5.32 Å². The maximum Gasteiger partial charge on any atom is 0.407 e. The number of unbranched alkanes of at least 4 members (excludes halogenated alkanes) is 1. The molecule has 134 valence electrons. The molecule has 0 fully saturated rings. The number of hydrogen-bond donors (Lipinski definition) is 1. The van der Waals surface area contributed by atoms with Crippen molar-refractivity contribution < 1.29 is 28.6 Å². The number of alkyl carbamates (subject to hydrolysis) is 1. The second-order valence-electron chi connectivity index (χ2n) is 6.06. The number of rotatable bonds is 9. The summed E-state index contributed by atoms with van der Waals surface area (Å²) < 4.78 is 15.0. The van der Waals surface area contributed by atoms with E-state index in [0.717, 1.165) is 12.8 Å². The van der Waals surface area contributed by atoms with Crippen LogP contribution in [0.25, 0.3) is 0 Å². The van der Waals surface area contributed by atoms with Gasteiger partial charge in [0.15, 0.2) is 0 Å². The summed E-state index contributed by atoms with van der Waals surface area (Å²) >= 11 is 0. The minimum atomic E-state index is -0.934. The standard InChI is InChI=1S/C16H29NO6/c1-6-8-11-22-15(20)17-12(14(19)21-7-2)9-10-13(18)23-16(3,4)5/h12H,6-11H2,1-5H3,(H,17,20)/t12-/m0/s1. The molecular formula is C16H29NO6. The molecule has 1 N–H and O–H groups in total. The summed E-state index contributed by atoms with van der Waals surface area (Å²) in [6.07, 6.45) is 1.04. The van der Waals surface area contributed by atoms with Crippen LogP contribution in [0.1, 0.15) is 60.3 Å². The molecule has 0 aliphatic rings. The topological polar surface area (TPSA) is 90.9 Å². The first kappa shape index (κ1) is 21.2. The van der Waals surface area contributed by atoms with Gasteiger partial charge in [0.2, 0.25) is 0 Å². The van der Waals surface area contributed by atoms with Crippen LogP contribution in [0.2, 0.25) is 0 Å². The Kier molecular flexibility index (Phi) is 10.0. The molecular weight excluding hydrogens is 302 g/mol. The molecule has 0 saturated heterocycles. The van der Waals surface area contributed by atoms with Gasteiger partial charge in [-0.1, -0.05) is 13.3 Å². The number of carbonyl (C=O) groups is 3. The minimum absolute atomic E-state index is 0.00398. The van der Waals surface area contributed by atoms with E-state index < -0.39 is 29.7 Å². The van der Waals surface area contributed by atoms with Crippen LogP contribution in [0.4, 0.5) is 4.79 Å². The highest BCUT2D eigenvalue weighted by Crippen LogP contribution is 2.10. The first-order valence-corrected chi connectivity index (χ1v) is 8.01. The molecule has 23 heavy (non-hydrogen) atoms. The van der Waals surface area contributed by atoms with Gasteiger partial charge in [-0.05, 0) is 40.5 Å². The quantitative estimate of drug-likeness (QED) is 0.397. The van der Waals surface area contributed by atoms with E-state index in [9.17, 15) is 14.4 Å². The molecule has 0 spiro atoms. The monoisotopic (exact) mass is 331 g/mol. The number of amides is 1. The van der Waals surface area contributed by atoms with Crippen LogP contribution in [0.15, 0.2) is 0 Å². The van der Waals surface area contributed by atoms with Crippen LogP contribution in [0.3, 0.4) is 0 Å². The molecule has 0 heterocycles. The average molecular weight is 331 g/mol. The third-order valence-corrected chi connectivity index (χ3v) is 2.65. The minimum Gasteiger partial charge on any atom is -0.464 e. The Labute approximate surface area is 138 Å². The molecule has 7 heteroatoms. The molecule has 1 amide bonds. The molecule has 0 aliphatic heterocycles. The Morgan fingerprint density at radius 2 is 1.74 bits per heavy atom. The van der Waals surface area contributed by atoms with Gasteiger partial charge < -0.3 is 19.5 Å². The van der Waals surface area contributed by atoms with Gasteiger partial charge in [-0.25, -0.2) is 9.59 Å². The predicted octanol–water partition coefficient (Wildman–Crippen LogP) is 2.57. The maximum atomic E-state index is 11.9. The third-order valence-electron chi connectivity index (χ3n) is 2.65.